The van der Waals surface area contributed by atoms with Crippen molar-refractivity contribution in [3.63, 3.8) is 0 Å². The summed E-state index contributed by atoms with van der Waals surface area (Å²) >= 11 is 0. The molecule has 0 amide bonds. The van der Waals surface area contributed by atoms with Crippen molar-refractivity contribution in [3.05, 3.63) is 24.3 Å². The molecular formula is C11H19N. The van der Waals surface area contributed by atoms with Crippen LogP contribution < -0.4 is 0 Å². The van der Waals surface area contributed by atoms with Crippen molar-refractivity contribution in [3.8, 4) is 0 Å². The summed E-state index contributed by atoms with van der Waals surface area (Å²) in [5, 5.41) is 0. The van der Waals surface area contributed by atoms with Gasteiger partial charge in [0.15, 0.2) is 0 Å². The fourth-order valence-electron chi connectivity index (χ4n) is 1.74. The molecule has 0 aromatic heterocycles. The molecule has 1 unspecified atom stereocenters. The third-order valence-corrected chi connectivity index (χ3v) is 2.73. The predicted octanol–water partition coefficient (Wildman–Crippen LogP) is 2.60. The normalized spacial score (nSPS) is 22.7. The average molecular weight is 165 g/mol. The Hall–Kier alpha value is -0.560. The molecule has 1 saturated heterocycles. The van der Waals surface area contributed by atoms with E-state index in [1.807, 2.05) is 6.08 Å². The Bertz CT molecular complexity index is 175. The Morgan fingerprint density at radius 1 is 1.42 bits per heavy atom. The zero-order valence-corrected chi connectivity index (χ0v) is 8.21. The van der Waals surface area contributed by atoms with Crippen LogP contribution in [0, 0.1) is 0 Å². The zero-order chi connectivity index (χ0) is 8.97. The maximum atomic E-state index is 3.71. The van der Waals surface area contributed by atoms with Crippen LogP contribution in [0.3, 0.4) is 0 Å². The highest BCUT2D eigenvalue weighted by Gasteiger charge is 2.18. The van der Waals surface area contributed by atoms with Gasteiger partial charge in [0.05, 0.1) is 0 Å². The van der Waals surface area contributed by atoms with Gasteiger partial charge in [0, 0.05) is 6.04 Å². The lowest BCUT2D eigenvalue weighted by Gasteiger charge is -2.24. The topological polar surface area (TPSA) is 3.24 Å². The molecule has 1 fully saturated rings. The zero-order valence-electron chi connectivity index (χ0n) is 8.21. The van der Waals surface area contributed by atoms with Crippen molar-refractivity contribution in [2.75, 3.05) is 13.1 Å². The first-order valence-electron chi connectivity index (χ1n) is 4.79. The number of nitrogens with zero attached hydrogens (tertiary/aromatic N) is 1. The van der Waals surface area contributed by atoms with Gasteiger partial charge in [-0.25, -0.2) is 0 Å². The SMILES string of the molecule is C=C/C=C(\C)C(C)N1CCCC1. The van der Waals surface area contributed by atoms with Crippen LogP contribution in [0.4, 0.5) is 0 Å². The highest BCUT2D eigenvalue weighted by Crippen LogP contribution is 2.16. The molecule has 0 radical (unpaired) electrons. The first-order valence-corrected chi connectivity index (χ1v) is 4.79. The lowest BCUT2D eigenvalue weighted by molar-refractivity contribution is 0.289. The van der Waals surface area contributed by atoms with Crippen molar-refractivity contribution in [1.82, 2.24) is 4.90 Å². The summed E-state index contributed by atoms with van der Waals surface area (Å²) in [6.45, 7) is 10.7. The van der Waals surface area contributed by atoms with Crippen molar-refractivity contribution >= 4 is 0 Å². The molecule has 1 nitrogen and oxygen atoms in total. The van der Waals surface area contributed by atoms with Crippen LogP contribution in [0.25, 0.3) is 0 Å². The standard InChI is InChI=1S/C11H19N/c1-4-7-10(2)11(3)12-8-5-6-9-12/h4,7,11H,1,5-6,8-9H2,2-3H3/b10-7+. The van der Waals surface area contributed by atoms with Crippen LogP contribution in [0.2, 0.25) is 0 Å². The van der Waals surface area contributed by atoms with Crippen LogP contribution in [-0.4, -0.2) is 24.0 Å². The minimum atomic E-state index is 0.602. The van der Waals surface area contributed by atoms with Gasteiger partial charge in [-0.15, -0.1) is 0 Å². The second kappa shape index (κ2) is 4.46. The predicted molar refractivity (Wildman–Crippen MR) is 54.2 cm³/mol. The van der Waals surface area contributed by atoms with E-state index in [0.29, 0.717) is 6.04 Å². The molecule has 0 aromatic carbocycles. The summed E-state index contributed by atoms with van der Waals surface area (Å²) in [6, 6.07) is 0.602. The Balaban J connectivity index is 2.50. The van der Waals surface area contributed by atoms with Gasteiger partial charge in [0.2, 0.25) is 0 Å². The number of rotatable bonds is 3. The van der Waals surface area contributed by atoms with E-state index >= 15 is 0 Å². The molecule has 12 heavy (non-hydrogen) atoms. The number of likely N-dealkylation sites (tertiary alicyclic amines) is 1. The maximum absolute atomic E-state index is 3.71. The summed E-state index contributed by atoms with van der Waals surface area (Å²) in [7, 11) is 0. The van der Waals surface area contributed by atoms with E-state index < -0.39 is 0 Å². The minimum Gasteiger partial charge on any atom is -0.297 e. The molecule has 1 rings (SSSR count). The van der Waals surface area contributed by atoms with E-state index in [0.717, 1.165) is 0 Å². The monoisotopic (exact) mass is 165 g/mol. The summed E-state index contributed by atoms with van der Waals surface area (Å²) in [5.74, 6) is 0. The molecular weight excluding hydrogens is 146 g/mol. The molecule has 1 heteroatoms. The van der Waals surface area contributed by atoms with Crippen LogP contribution in [-0.2, 0) is 0 Å². The van der Waals surface area contributed by atoms with Gasteiger partial charge in [-0.05, 0) is 39.8 Å². The van der Waals surface area contributed by atoms with Gasteiger partial charge in [-0.2, -0.15) is 0 Å². The van der Waals surface area contributed by atoms with Crippen LogP contribution in [0.15, 0.2) is 24.3 Å². The number of hydrogen-bond acceptors (Lipinski definition) is 1. The van der Waals surface area contributed by atoms with Crippen molar-refractivity contribution < 1.29 is 0 Å². The summed E-state index contributed by atoms with van der Waals surface area (Å²) in [6.07, 6.45) is 6.72. The third kappa shape index (κ3) is 2.21. The molecule has 0 aliphatic carbocycles. The second-order valence-corrected chi connectivity index (χ2v) is 3.57. The Kier molecular flexibility index (Phi) is 3.54. The highest BCUT2D eigenvalue weighted by molar-refractivity contribution is 5.13. The number of hydrogen-bond donors (Lipinski definition) is 0. The lowest BCUT2D eigenvalue weighted by atomic mass is 10.1. The summed E-state index contributed by atoms with van der Waals surface area (Å²) in [5.41, 5.74) is 1.42. The van der Waals surface area contributed by atoms with E-state index in [1.165, 1.54) is 31.5 Å². The first kappa shape index (κ1) is 9.53. The highest BCUT2D eigenvalue weighted by atomic mass is 15.2. The summed E-state index contributed by atoms with van der Waals surface area (Å²) < 4.78 is 0. The Labute approximate surface area is 75.8 Å². The molecule has 1 aliphatic heterocycles. The minimum absolute atomic E-state index is 0.602. The van der Waals surface area contributed by atoms with E-state index in [9.17, 15) is 0 Å². The van der Waals surface area contributed by atoms with Crippen LogP contribution in [0.5, 0.6) is 0 Å². The average Bonchev–Trinajstić information content (AvgIpc) is 2.55. The molecule has 1 atom stereocenters. The Morgan fingerprint density at radius 3 is 2.50 bits per heavy atom. The van der Waals surface area contributed by atoms with Gasteiger partial charge >= 0.3 is 0 Å². The third-order valence-electron chi connectivity index (χ3n) is 2.73. The van der Waals surface area contributed by atoms with Gasteiger partial charge in [-0.3, -0.25) is 4.90 Å². The Morgan fingerprint density at radius 2 is 2.00 bits per heavy atom. The molecule has 0 N–H and O–H groups in total. The van der Waals surface area contributed by atoms with Gasteiger partial charge in [0.25, 0.3) is 0 Å². The fourth-order valence-corrected chi connectivity index (χ4v) is 1.74. The van der Waals surface area contributed by atoms with E-state index in [4.69, 9.17) is 0 Å². The lowest BCUT2D eigenvalue weighted by Crippen LogP contribution is -2.30. The maximum Gasteiger partial charge on any atom is 0.0279 e. The van der Waals surface area contributed by atoms with Gasteiger partial charge in [-0.1, -0.05) is 24.3 Å². The largest absolute Gasteiger partial charge is 0.297 e. The fraction of sp³-hybridized carbons (Fsp3) is 0.636. The molecule has 0 aromatic rings. The molecule has 1 aliphatic rings. The van der Waals surface area contributed by atoms with Crippen molar-refractivity contribution in [2.45, 2.75) is 32.7 Å². The van der Waals surface area contributed by atoms with Crippen molar-refractivity contribution in [1.29, 1.82) is 0 Å². The quantitative estimate of drug-likeness (QED) is 0.581. The molecule has 0 spiro atoms. The van der Waals surface area contributed by atoms with E-state index in [2.05, 4.69) is 31.4 Å². The molecule has 0 saturated carbocycles. The van der Waals surface area contributed by atoms with Gasteiger partial charge in [0.1, 0.15) is 0 Å². The van der Waals surface area contributed by atoms with Gasteiger partial charge < -0.3 is 0 Å². The van der Waals surface area contributed by atoms with E-state index in [1.54, 1.807) is 0 Å². The molecule has 0 bridgehead atoms. The molecule has 68 valence electrons. The second-order valence-electron chi connectivity index (χ2n) is 3.57. The van der Waals surface area contributed by atoms with Crippen LogP contribution >= 0.6 is 0 Å². The first-order chi connectivity index (χ1) is 5.75. The number of allylic oxidation sites excluding steroid dienone is 2. The van der Waals surface area contributed by atoms with Crippen molar-refractivity contribution in [2.24, 2.45) is 0 Å². The molecule has 1 heterocycles. The van der Waals surface area contributed by atoms with Crippen LogP contribution in [0.1, 0.15) is 26.7 Å². The summed E-state index contributed by atoms with van der Waals surface area (Å²) in [4.78, 5) is 2.54. The smallest absolute Gasteiger partial charge is 0.0279 e. The van der Waals surface area contributed by atoms with E-state index in [-0.39, 0.29) is 0 Å².